The summed E-state index contributed by atoms with van der Waals surface area (Å²) in [6.07, 6.45) is 7.66. The van der Waals surface area contributed by atoms with Crippen molar-refractivity contribution < 1.29 is 18.7 Å². The molecule has 0 bridgehead atoms. The highest BCUT2D eigenvalue weighted by molar-refractivity contribution is 5.92. The number of hydrogen-bond donors (Lipinski definition) is 1. The van der Waals surface area contributed by atoms with Gasteiger partial charge < -0.3 is 15.0 Å². The summed E-state index contributed by atoms with van der Waals surface area (Å²) in [5.74, 6) is 0.0419. The molecule has 33 heavy (non-hydrogen) atoms. The summed E-state index contributed by atoms with van der Waals surface area (Å²) >= 11 is 0. The van der Waals surface area contributed by atoms with Gasteiger partial charge in [-0.1, -0.05) is 12.8 Å². The zero-order chi connectivity index (χ0) is 23.4. The third-order valence-corrected chi connectivity index (χ3v) is 7.53. The fraction of sp³-hybridized carbons (Fsp3) is 0.692. The number of carbonyl (C=O) groups excluding carboxylic acids is 2. The number of nitrogens with one attached hydrogen (secondary N) is 1. The van der Waals surface area contributed by atoms with Crippen LogP contribution in [0.25, 0.3) is 0 Å². The van der Waals surface area contributed by atoms with Gasteiger partial charge in [0.1, 0.15) is 5.82 Å². The van der Waals surface area contributed by atoms with E-state index in [-0.39, 0.29) is 29.8 Å². The molecule has 1 unspecified atom stereocenters. The first-order chi connectivity index (χ1) is 15.9. The summed E-state index contributed by atoms with van der Waals surface area (Å²) in [5, 5.41) is 2.91. The molecule has 0 spiro atoms. The van der Waals surface area contributed by atoms with Crippen molar-refractivity contribution in [3.63, 3.8) is 0 Å². The van der Waals surface area contributed by atoms with E-state index in [1.165, 1.54) is 6.07 Å². The van der Waals surface area contributed by atoms with Crippen molar-refractivity contribution in [1.29, 1.82) is 0 Å². The number of anilines is 1. The molecule has 3 aliphatic rings. The molecular formula is C26H38FN3O3. The van der Waals surface area contributed by atoms with Crippen LogP contribution in [0, 0.1) is 18.7 Å². The van der Waals surface area contributed by atoms with E-state index in [2.05, 4.69) is 17.1 Å². The molecule has 1 N–H and O–H groups in total. The van der Waals surface area contributed by atoms with Gasteiger partial charge in [0.25, 0.3) is 0 Å². The third kappa shape index (κ3) is 6.12. The first-order valence-electron chi connectivity index (χ1n) is 12.6. The van der Waals surface area contributed by atoms with Crippen LogP contribution in [0.4, 0.5) is 10.1 Å². The molecule has 0 radical (unpaired) electrons. The van der Waals surface area contributed by atoms with Crippen molar-refractivity contribution in [2.75, 3.05) is 31.6 Å². The molecule has 6 nitrogen and oxygen atoms in total. The average Bonchev–Trinajstić information content (AvgIpc) is 3.32. The van der Waals surface area contributed by atoms with Gasteiger partial charge in [-0.3, -0.25) is 14.5 Å². The van der Waals surface area contributed by atoms with Crippen molar-refractivity contribution >= 4 is 17.5 Å². The number of ether oxygens (including phenoxy) is 1. The minimum Gasteiger partial charge on any atom is -0.378 e. The Hall–Kier alpha value is -1.99. The van der Waals surface area contributed by atoms with E-state index in [9.17, 15) is 14.0 Å². The van der Waals surface area contributed by atoms with Gasteiger partial charge in [0.05, 0.1) is 12.5 Å². The van der Waals surface area contributed by atoms with E-state index in [1.54, 1.807) is 6.07 Å². The Morgan fingerprint density at radius 2 is 1.88 bits per heavy atom. The van der Waals surface area contributed by atoms with Crippen LogP contribution >= 0.6 is 0 Å². The second-order valence-corrected chi connectivity index (χ2v) is 10.1. The monoisotopic (exact) mass is 459 g/mol. The lowest BCUT2D eigenvalue weighted by Crippen LogP contribution is -2.54. The second kappa shape index (κ2) is 11.0. The lowest BCUT2D eigenvalue weighted by molar-refractivity contribution is -0.140. The van der Waals surface area contributed by atoms with E-state index >= 15 is 0 Å². The first kappa shape index (κ1) is 24.1. The fourth-order valence-electron chi connectivity index (χ4n) is 5.56. The first-order valence-corrected chi connectivity index (χ1v) is 12.6. The number of amides is 2. The number of nitrogens with zero attached hydrogens (tertiary/aromatic N) is 2. The fourth-order valence-corrected chi connectivity index (χ4v) is 5.56. The predicted molar refractivity (Wildman–Crippen MR) is 126 cm³/mol. The Kier molecular flexibility index (Phi) is 8.02. The molecule has 2 saturated heterocycles. The molecule has 2 heterocycles. The number of hydrogen-bond acceptors (Lipinski definition) is 4. The Balaban J connectivity index is 1.35. The zero-order valence-corrected chi connectivity index (χ0v) is 20.1. The quantitative estimate of drug-likeness (QED) is 0.691. The number of piperazine rings is 1. The van der Waals surface area contributed by atoms with Gasteiger partial charge in [-0.2, -0.15) is 0 Å². The maximum absolute atomic E-state index is 14.4. The van der Waals surface area contributed by atoms with Gasteiger partial charge in [-0.05, 0) is 69.2 Å². The van der Waals surface area contributed by atoms with Crippen LogP contribution in [0.15, 0.2) is 12.1 Å². The number of benzene rings is 1. The summed E-state index contributed by atoms with van der Waals surface area (Å²) < 4.78 is 20.1. The van der Waals surface area contributed by atoms with Crippen molar-refractivity contribution in [1.82, 2.24) is 9.80 Å². The average molecular weight is 460 g/mol. The Morgan fingerprint density at radius 3 is 2.58 bits per heavy atom. The van der Waals surface area contributed by atoms with Crippen LogP contribution in [0.3, 0.4) is 0 Å². The molecule has 1 aromatic rings. The van der Waals surface area contributed by atoms with Crippen LogP contribution in [-0.4, -0.2) is 60.0 Å². The largest absolute Gasteiger partial charge is 0.378 e. The van der Waals surface area contributed by atoms with Crippen molar-refractivity contribution in [3.05, 3.63) is 29.1 Å². The highest BCUT2D eigenvalue weighted by Crippen LogP contribution is 2.29. The van der Waals surface area contributed by atoms with Gasteiger partial charge in [-0.15, -0.1) is 0 Å². The topological polar surface area (TPSA) is 61.9 Å². The minimum atomic E-state index is -0.345. The van der Waals surface area contributed by atoms with Crippen LogP contribution in [-0.2, 0) is 20.9 Å². The van der Waals surface area contributed by atoms with E-state index < -0.39 is 0 Å². The number of halogens is 1. The second-order valence-electron chi connectivity index (χ2n) is 10.1. The highest BCUT2D eigenvalue weighted by Gasteiger charge is 2.33. The normalized spacial score (nSPS) is 24.8. The summed E-state index contributed by atoms with van der Waals surface area (Å²) in [7, 11) is 0. The molecule has 2 atom stereocenters. The molecule has 7 heteroatoms. The third-order valence-electron chi connectivity index (χ3n) is 7.53. The molecule has 1 aromatic carbocycles. The van der Waals surface area contributed by atoms with E-state index in [0.717, 1.165) is 75.7 Å². The zero-order valence-electron chi connectivity index (χ0n) is 20.1. The van der Waals surface area contributed by atoms with Gasteiger partial charge >= 0.3 is 0 Å². The molecule has 0 aromatic heterocycles. The number of carbonyl (C=O) groups is 2. The Bertz CT molecular complexity index is 849. The maximum atomic E-state index is 14.4. The Morgan fingerprint density at radius 1 is 1.12 bits per heavy atom. The molecule has 4 rings (SSSR count). The van der Waals surface area contributed by atoms with Gasteiger partial charge in [0.15, 0.2) is 0 Å². The van der Waals surface area contributed by atoms with Crippen LogP contribution in [0.5, 0.6) is 0 Å². The minimum absolute atomic E-state index is 0.0446. The van der Waals surface area contributed by atoms with Gasteiger partial charge in [0, 0.05) is 50.4 Å². The molecule has 1 aliphatic carbocycles. The summed E-state index contributed by atoms with van der Waals surface area (Å²) in [4.78, 5) is 29.7. The van der Waals surface area contributed by atoms with Crippen LogP contribution in [0.2, 0.25) is 0 Å². The highest BCUT2D eigenvalue weighted by atomic mass is 19.1. The maximum Gasteiger partial charge on any atom is 0.226 e. The van der Waals surface area contributed by atoms with Crippen molar-refractivity contribution in [2.24, 2.45) is 5.92 Å². The molecule has 3 fully saturated rings. The van der Waals surface area contributed by atoms with Crippen molar-refractivity contribution in [2.45, 2.75) is 83.9 Å². The predicted octanol–water partition coefficient (Wildman–Crippen LogP) is 4.25. The summed E-state index contributed by atoms with van der Waals surface area (Å²) in [6, 6.07) is 3.12. The Labute approximate surface area is 196 Å². The number of rotatable bonds is 6. The van der Waals surface area contributed by atoms with E-state index in [1.807, 2.05) is 11.8 Å². The van der Waals surface area contributed by atoms with Crippen molar-refractivity contribution in [3.8, 4) is 0 Å². The molecule has 2 amide bonds. The van der Waals surface area contributed by atoms with Crippen LogP contribution < -0.4 is 5.32 Å². The lowest BCUT2D eigenvalue weighted by Gasteiger charge is -2.41. The molecular weight excluding hydrogens is 421 g/mol. The van der Waals surface area contributed by atoms with Crippen LogP contribution in [0.1, 0.15) is 69.4 Å². The summed E-state index contributed by atoms with van der Waals surface area (Å²) in [6.45, 7) is 7.62. The standard InChI is InChI=1S/C26H38FN3O3/c1-18-16-29(10-11-30(18)26(32)20-7-3-4-8-20)17-21-13-22(27)14-24(19(21)2)28-25(31)15-23-9-5-6-12-33-23/h13-14,18,20,23H,3-12,15-17H2,1-2H3,(H,28,31)/t18-,23?/m0/s1. The SMILES string of the molecule is Cc1c(CN2CCN(C(=O)C3CCCC3)[C@@H](C)C2)cc(F)cc1NC(=O)CC1CCCCO1. The van der Waals surface area contributed by atoms with E-state index in [0.29, 0.717) is 31.2 Å². The summed E-state index contributed by atoms with van der Waals surface area (Å²) in [5.41, 5.74) is 2.31. The lowest BCUT2D eigenvalue weighted by atomic mass is 10.0. The molecule has 2 aliphatic heterocycles. The van der Waals surface area contributed by atoms with E-state index in [4.69, 9.17) is 4.74 Å². The molecule has 182 valence electrons. The molecule has 1 saturated carbocycles. The smallest absolute Gasteiger partial charge is 0.226 e. The van der Waals surface area contributed by atoms with Gasteiger partial charge in [0.2, 0.25) is 11.8 Å². The van der Waals surface area contributed by atoms with Gasteiger partial charge in [-0.25, -0.2) is 4.39 Å².